The van der Waals surface area contributed by atoms with Gasteiger partial charge < -0.3 is 15.5 Å². The summed E-state index contributed by atoms with van der Waals surface area (Å²) in [4.78, 5) is 5.01. The normalized spacial score (nSPS) is 36.4. The van der Waals surface area contributed by atoms with Crippen LogP contribution in [0.5, 0.6) is 0 Å². The smallest absolute Gasteiger partial charge is 0.0229 e. The highest BCUT2D eigenvalue weighted by Crippen LogP contribution is 2.24. The summed E-state index contributed by atoms with van der Waals surface area (Å²) in [7, 11) is 4.40. The van der Waals surface area contributed by atoms with Gasteiger partial charge in [-0.2, -0.15) is 0 Å². The predicted octanol–water partition coefficient (Wildman–Crippen LogP) is 1.53. The zero-order valence-corrected chi connectivity index (χ0v) is 11.6. The zero-order valence-electron chi connectivity index (χ0n) is 11.6. The van der Waals surface area contributed by atoms with Crippen LogP contribution in [0.15, 0.2) is 0 Å². The van der Waals surface area contributed by atoms with E-state index in [1.807, 2.05) is 0 Å². The van der Waals surface area contributed by atoms with E-state index < -0.39 is 0 Å². The minimum atomic E-state index is 0.455. The number of likely N-dealkylation sites (tertiary alicyclic amines) is 1. The Morgan fingerprint density at radius 3 is 2.59 bits per heavy atom. The Morgan fingerprint density at radius 2 is 1.88 bits per heavy atom. The quantitative estimate of drug-likeness (QED) is 0.758. The molecule has 2 N–H and O–H groups in total. The standard InChI is InChI=1S/C14H29N3/c1-16(2)13-8-9-17(11-13)10-12-6-4-3-5-7-14(12)15/h12-14H,3-11,15H2,1-2H3. The van der Waals surface area contributed by atoms with Crippen LogP contribution >= 0.6 is 0 Å². The lowest BCUT2D eigenvalue weighted by atomic mass is 9.95. The summed E-state index contributed by atoms with van der Waals surface area (Å²) in [5, 5.41) is 0. The van der Waals surface area contributed by atoms with Gasteiger partial charge in [-0.05, 0) is 45.8 Å². The van der Waals surface area contributed by atoms with E-state index in [0.29, 0.717) is 6.04 Å². The first kappa shape index (κ1) is 13.3. The van der Waals surface area contributed by atoms with E-state index in [-0.39, 0.29) is 0 Å². The van der Waals surface area contributed by atoms with Crippen molar-refractivity contribution in [3.8, 4) is 0 Å². The van der Waals surface area contributed by atoms with E-state index >= 15 is 0 Å². The first-order valence-corrected chi connectivity index (χ1v) is 7.31. The molecule has 0 radical (unpaired) electrons. The molecule has 0 aromatic heterocycles. The maximum atomic E-state index is 6.31. The summed E-state index contributed by atoms with van der Waals surface area (Å²) < 4.78 is 0. The molecule has 0 bridgehead atoms. The molecule has 0 amide bonds. The second-order valence-electron chi connectivity index (χ2n) is 6.23. The summed E-state index contributed by atoms with van der Waals surface area (Å²) >= 11 is 0. The Kier molecular flexibility index (Phi) is 4.83. The minimum absolute atomic E-state index is 0.455. The largest absolute Gasteiger partial charge is 0.327 e. The molecule has 3 unspecified atom stereocenters. The van der Waals surface area contributed by atoms with Gasteiger partial charge >= 0.3 is 0 Å². The second kappa shape index (κ2) is 6.17. The number of nitrogens with zero attached hydrogens (tertiary/aromatic N) is 2. The Labute approximate surface area is 106 Å². The molecule has 2 aliphatic rings. The number of hydrogen-bond donors (Lipinski definition) is 1. The molecular formula is C14H29N3. The van der Waals surface area contributed by atoms with E-state index in [1.54, 1.807) is 0 Å². The van der Waals surface area contributed by atoms with Crippen molar-refractivity contribution in [1.29, 1.82) is 0 Å². The Balaban J connectivity index is 1.80. The van der Waals surface area contributed by atoms with E-state index in [0.717, 1.165) is 12.0 Å². The van der Waals surface area contributed by atoms with Gasteiger partial charge in [0, 0.05) is 25.2 Å². The van der Waals surface area contributed by atoms with Crippen LogP contribution in [0.4, 0.5) is 0 Å². The molecule has 0 aromatic carbocycles. The Bertz CT molecular complexity index is 230. The van der Waals surface area contributed by atoms with Gasteiger partial charge in [0.1, 0.15) is 0 Å². The summed E-state index contributed by atoms with van der Waals surface area (Å²) in [5.41, 5.74) is 6.31. The van der Waals surface area contributed by atoms with Crippen LogP contribution in [0.2, 0.25) is 0 Å². The molecule has 3 nitrogen and oxygen atoms in total. The molecule has 1 saturated heterocycles. The first-order chi connectivity index (χ1) is 8.16. The lowest BCUT2D eigenvalue weighted by molar-refractivity contribution is 0.221. The van der Waals surface area contributed by atoms with Gasteiger partial charge in [-0.15, -0.1) is 0 Å². The number of hydrogen-bond acceptors (Lipinski definition) is 3. The summed E-state index contributed by atoms with van der Waals surface area (Å²) in [6, 6.07) is 1.22. The lowest BCUT2D eigenvalue weighted by Crippen LogP contribution is -2.39. The molecule has 1 aliphatic carbocycles. The van der Waals surface area contributed by atoms with E-state index in [1.165, 1.54) is 58.2 Å². The number of rotatable bonds is 3. The molecule has 1 saturated carbocycles. The monoisotopic (exact) mass is 239 g/mol. The third kappa shape index (κ3) is 3.67. The Morgan fingerprint density at radius 1 is 1.12 bits per heavy atom. The maximum absolute atomic E-state index is 6.31. The fourth-order valence-electron chi connectivity index (χ4n) is 3.37. The molecule has 1 aliphatic heterocycles. The summed E-state index contributed by atoms with van der Waals surface area (Å²) in [6.07, 6.45) is 8.06. The van der Waals surface area contributed by atoms with Crippen molar-refractivity contribution in [3.63, 3.8) is 0 Å². The fraction of sp³-hybridized carbons (Fsp3) is 1.00. The van der Waals surface area contributed by atoms with Crippen LogP contribution < -0.4 is 5.73 Å². The molecule has 3 heteroatoms. The summed E-state index contributed by atoms with van der Waals surface area (Å²) in [5.74, 6) is 0.749. The predicted molar refractivity (Wildman–Crippen MR) is 73.1 cm³/mol. The van der Waals surface area contributed by atoms with Crippen molar-refractivity contribution in [2.24, 2.45) is 11.7 Å². The van der Waals surface area contributed by atoms with Gasteiger partial charge in [0.05, 0.1) is 0 Å². The van der Waals surface area contributed by atoms with Crippen molar-refractivity contribution in [1.82, 2.24) is 9.80 Å². The fourth-order valence-corrected chi connectivity index (χ4v) is 3.37. The van der Waals surface area contributed by atoms with Crippen molar-refractivity contribution in [2.45, 2.75) is 50.6 Å². The average Bonchev–Trinajstić information content (AvgIpc) is 2.66. The van der Waals surface area contributed by atoms with Gasteiger partial charge in [-0.1, -0.05) is 19.3 Å². The van der Waals surface area contributed by atoms with Gasteiger partial charge in [-0.25, -0.2) is 0 Å². The van der Waals surface area contributed by atoms with E-state index in [2.05, 4.69) is 23.9 Å². The van der Waals surface area contributed by atoms with Gasteiger partial charge in [0.15, 0.2) is 0 Å². The van der Waals surface area contributed by atoms with Crippen LogP contribution in [0.25, 0.3) is 0 Å². The molecular weight excluding hydrogens is 210 g/mol. The minimum Gasteiger partial charge on any atom is -0.327 e. The van der Waals surface area contributed by atoms with Gasteiger partial charge in [0.25, 0.3) is 0 Å². The first-order valence-electron chi connectivity index (χ1n) is 7.31. The third-order valence-electron chi connectivity index (χ3n) is 4.69. The molecule has 3 atom stereocenters. The molecule has 2 fully saturated rings. The lowest BCUT2D eigenvalue weighted by Gasteiger charge is -2.27. The second-order valence-corrected chi connectivity index (χ2v) is 6.23. The van der Waals surface area contributed by atoms with Crippen LogP contribution in [-0.4, -0.2) is 55.6 Å². The zero-order chi connectivity index (χ0) is 12.3. The molecule has 1 heterocycles. The number of nitrogens with two attached hydrogens (primary N) is 1. The van der Waals surface area contributed by atoms with Crippen molar-refractivity contribution >= 4 is 0 Å². The molecule has 2 rings (SSSR count). The van der Waals surface area contributed by atoms with Crippen LogP contribution in [-0.2, 0) is 0 Å². The highest BCUT2D eigenvalue weighted by molar-refractivity contribution is 4.85. The van der Waals surface area contributed by atoms with Crippen molar-refractivity contribution < 1.29 is 0 Å². The maximum Gasteiger partial charge on any atom is 0.0229 e. The van der Waals surface area contributed by atoms with Crippen molar-refractivity contribution in [3.05, 3.63) is 0 Å². The summed E-state index contributed by atoms with van der Waals surface area (Å²) in [6.45, 7) is 3.76. The van der Waals surface area contributed by atoms with E-state index in [4.69, 9.17) is 5.73 Å². The van der Waals surface area contributed by atoms with Crippen LogP contribution in [0.1, 0.15) is 38.5 Å². The SMILES string of the molecule is CN(C)C1CCN(CC2CCCCCC2N)C1. The van der Waals surface area contributed by atoms with Crippen molar-refractivity contribution in [2.75, 3.05) is 33.7 Å². The van der Waals surface area contributed by atoms with Crippen LogP contribution in [0.3, 0.4) is 0 Å². The molecule has 17 heavy (non-hydrogen) atoms. The average molecular weight is 239 g/mol. The Hall–Kier alpha value is -0.120. The highest BCUT2D eigenvalue weighted by atomic mass is 15.2. The third-order valence-corrected chi connectivity index (χ3v) is 4.69. The molecule has 0 aromatic rings. The number of likely N-dealkylation sites (N-methyl/N-ethyl adjacent to an activating group) is 1. The molecule has 100 valence electrons. The molecule has 0 spiro atoms. The van der Waals surface area contributed by atoms with Gasteiger partial charge in [-0.3, -0.25) is 0 Å². The highest BCUT2D eigenvalue weighted by Gasteiger charge is 2.28. The van der Waals surface area contributed by atoms with Crippen LogP contribution in [0, 0.1) is 5.92 Å². The van der Waals surface area contributed by atoms with E-state index in [9.17, 15) is 0 Å². The van der Waals surface area contributed by atoms with Gasteiger partial charge in [0.2, 0.25) is 0 Å². The topological polar surface area (TPSA) is 32.5 Å².